The molecule has 0 fully saturated rings. The summed E-state index contributed by atoms with van der Waals surface area (Å²) >= 11 is 0. The summed E-state index contributed by atoms with van der Waals surface area (Å²) in [6, 6.07) is 8.68. The van der Waals surface area contributed by atoms with E-state index in [2.05, 4.69) is 4.98 Å². The van der Waals surface area contributed by atoms with Gasteiger partial charge in [0.1, 0.15) is 17.4 Å². The van der Waals surface area contributed by atoms with Gasteiger partial charge in [-0.25, -0.2) is 4.79 Å². The number of benzene rings is 1. The lowest BCUT2D eigenvalue weighted by Crippen LogP contribution is -2.33. The molecule has 2 rings (SSSR count). The molecule has 1 unspecified atom stereocenters. The number of ether oxygens (including phenoxy) is 1. The molecule has 0 amide bonds. The first-order chi connectivity index (χ1) is 9.56. The maximum Gasteiger partial charge on any atom is 0.328 e. The zero-order valence-electron chi connectivity index (χ0n) is 11.1. The van der Waals surface area contributed by atoms with Crippen molar-refractivity contribution in [3.8, 4) is 11.8 Å². The Morgan fingerprint density at radius 2 is 1.95 bits per heavy atom. The van der Waals surface area contributed by atoms with Crippen LogP contribution < -0.4 is 16.0 Å². The van der Waals surface area contributed by atoms with Gasteiger partial charge in [-0.05, 0) is 24.6 Å². The second kappa shape index (κ2) is 5.45. The van der Waals surface area contributed by atoms with Crippen LogP contribution in [0.5, 0.6) is 5.75 Å². The second-order valence-corrected chi connectivity index (χ2v) is 4.27. The van der Waals surface area contributed by atoms with Crippen molar-refractivity contribution in [3.63, 3.8) is 0 Å². The molecule has 0 saturated heterocycles. The number of aromatic amines is 1. The maximum absolute atomic E-state index is 11.8. The standard InChI is InChI=1S/C14H13N3O3/c1-9(10-3-5-12(20-2)6-4-10)17-8-11(7-15)13(18)16-14(17)19/h3-6,8-9H,1-2H3,(H,16,18,19). The molecule has 6 nitrogen and oxygen atoms in total. The molecule has 1 atom stereocenters. The Kier molecular flexibility index (Phi) is 3.71. The first-order valence-corrected chi connectivity index (χ1v) is 5.96. The van der Waals surface area contributed by atoms with Gasteiger partial charge in [0, 0.05) is 6.20 Å². The van der Waals surface area contributed by atoms with E-state index in [1.807, 2.05) is 19.1 Å². The fourth-order valence-electron chi connectivity index (χ4n) is 1.90. The van der Waals surface area contributed by atoms with Crippen LogP contribution in [-0.4, -0.2) is 16.7 Å². The molecule has 1 heterocycles. The third-order valence-corrected chi connectivity index (χ3v) is 3.10. The Hall–Kier alpha value is -2.81. The Morgan fingerprint density at radius 3 is 2.50 bits per heavy atom. The van der Waals surface area contributed by atoms with Crippen molar-refractivity contribution >= 4 is 0 Å². The summed E-state index contributed by atoms with van der Waals surface area (Å²) in [5.74, 6) is 0.715. The van der Waals surface area contributed by atoms with E-state index in [9.17, 15) is 9.59 Å². The molecule has 0 spiro atoms. The Morgan fingerprint density at radius 1 is 1.30 bits per heavy atom. The van der Waals surface area contributed by atoms with E-state index in [1.54, 1.807) is 25.3 Å². The summed E-state index contributed by atoms with van der Waals surface area (Å²) in [6.07, 6.45) is 1.27. The molecule has 20 heavy (non-hydrogen) atoms. The molecule has 1 aromatic heterocycles. The highest BCUT2D eigenvalue weighted by Crippen LogP contribution is 2.19. The largest absolute Gasteiger partial charge is 0.497 e. The first-order valence-electron chi connectivity index (χ1n) is 5.96. The third kappa shape index (κ3) is 2.47. The number of hydrogen-bond donors (Lipinski definition) is 1. The number of rotatable bonds is 3. The molecule has 0 bridgehead atoms. The summed E-state index contributed by atoms with van der Waals surface area (Å²) in [5.41, 5.74) is -0.443. The predicted octanol–water partition coefficient (Wildman–Crippen LogP) is 1.03. The van der Waals surface area contributed by atoms with Gasteiger partial charge in [0.2, 0.25) is 0 Å². The summed E-state index contributed by atoms with van der Waals surface area (Å²) in [5, 5.41) is 8.85. The zero-order valence-corrected chi connectivity index (χ0v) is 11.1. The van der Waals surface area contributed by atoms with Crippen LogP contribution in [-0.2, 0) is 0 Å². The lowest BCUT2D eigenvalue weighted by atomic mass is 10.1. The Balaban J connectivity index is 2.47. The fourth-order valence-corrected chi connectivity index (χ4v) is 1.90. The topological polar surface area (TPSA) is 87.9 Å². The molecule has 1 N–H and O–H groups in total. The van der Waals surface area contributed by atoms with E-state index >= 15 is 0 Å². The minimum absolute atomic E-state index is 0.0926. The van der Waals surface area contributed by atoms with Crippen molar-refractivity contribution in [1.29, 1.82) is 5.26 Å². The van der Waals surface area contributed by atoms with Crippen LogP contribution >= 0.6 is 0 Å². The molecule has 6 heteroatoms. The smallest absolute Gasteiger partial charge is 0.328 e. The number of hydrogen-bond acceptors (Lipinski definition) is 4. The molecular weight excluding hydrogens is 258 g/mol. The van der Waals surface area contributed by atoms with Crippen LogP contribution in [0.25, 0.3) is 0 Å². The number of nitriles is 1. The number of H-pyrrole nitrogens is 1. The van der Waals surface area contributed by atoms with Crippen molar-refractivity contribution in [2.75, 3.05) is 7.11 Å². The molecule has 2 aromatic rings. The average molecular weight is 271 g/mol. The lowest BCUT2D eigenvalue weighted by molar-refractivity contribution is 0.414. The van der Waals surface area contributed by atoms with Crippen LogP contribution in [0.15, 0.2) is 40.1 Å². The Bertz CT molecular complexity index is 766. The van der Waals surface area contributed by atoms with Gasteiger partial charge in [-0.15, -0.1) is 0 Å². The van der Waals surface area contributed by atoms with Gasteiger partial charge < -0.3 is 4.74 Å². The average Bonchev–Trinajstić information content (AvgIpc) is 2.47. The van der Waals surface area contributed by atoms with Gasteiger partial charge in [-0.1, -0.05) is 12.1 Å². The zero-order chi connectivity index (χ0) is 14.7. The van der Waals surface area contributed by atoms with Gasteiger partial charge in [0.25, 0.3) is 5.56 Å². The lowest BCUT2D eigenvalue weighted by Gasteiger charge is -2.15. The van der Waals surface area contributed by atoms with Gasteiger partial charge >= 0.3 is 5.69 Å². The van der Waals surface area contributed by atoms with Crippen molar-refractivity contribution in [2.24, 2.45) is 0 Å². The second-order valence-electron chi connectivity index (χ2n) is 4.27. The number of nitrogens with one attached hydrogen (secondary N) is 1. The van der Waals surface area contributed by atoms with Crippen LogP contribution in [0.1, 0.15) is 24.1 Å². The molecule has 0 aliphatic heterocycles. The molecule has 102 valence electrons. The van der Waals surface area contributed by atoms with Crippen LogP contribution in [0, 0.1) is 11.3 Å². The van der Waals surface area contributed by atoms with Crippen molar-refractivity contribution < 1.29 is 4.74 Å². The van der Waals surface area contributed by atoms with Crippen LogP contribution in [0.3, 0.4) is 0 Å². The molecule has 0 saturated carbocycles. The molecule has 0 radical (unpaired) electrons. The molecule has 1 aromatic carbocycles. The quantitative estimate of drug-likeness (QED) is 0.903. The first kappa shape index (κ1) is 13.6. The third-order valence-electron chi connectivity index (χ3n) is 3.10. The van der Waals surface area contributed by atoms with E-state index in [-0.39, 0.29) is 11.6 Å². The van der Waals surface area contributed by atoms with Crippen LogP contribution in [0.4, 0.5) is 0 Å². The van der Waals surface area contributed by atoms with E-state index in [4.69, 9.17) is 10.00 Å². The normalized spacial score (nSPS) is 11.7. The van der Waals surface area contributed by atoms with E-state index in [0.29, 0.717) is 5.75 Å². The molecule has 0 aliphatic carbocycles. The number of nitrogens with zero attached hydrogens (tertiary/aromatic N) is 2. The van der Waals surface area contributed by atoms with Gasteiger partial charge in [-0.3, -0.25) is 14.3 Å². The SMILES string of the molecule is COc1ccc(C(C)n2cc(C#N)c(=O)[nH]c2=O)cc1. The van der Waals surface area contributed by atoms with E-state index in [1.165, 1.54) is 10.8 Å². The molecule has 0 aliphatic rings. The summed E-state index contributed by atoms with van der Waals surface area (Å²) in [7, 11) is 1.57. The number of aromatic nitrogens is 2. The van der Waals surface area contributed by atoms with Gasteiger partial charge in [0.05, 0.1) is 13.2 Å². The Labute approximate surface area is 114 Å². The number of methoxy groups -OCH3 is 1. The minimum Gasteiger partial charge on any atom is -0.497 e. The van der Waals surface area contributed by atoms with Crippen molar-refractivity contribution in [2.45, 2.75) is 13.0 Å². The summed E-state index contributed by atoms with van der Waals surface area (Å²) in [4.78, 5) is 25.3. The van der Waals surface area contributed by atoms with Crippen molar-refractivity contribution in [1.82, 2.24) is 9.55 Å². The van der Waals surface area contributed by atoms with Crippen molar-refractivity contribution in [3.05, 3.63) is 62.4 Å². The van der Waals surface area contributed by atoms with Gasteiger partial charge in [-0.2, -0.15) is 5.26 Å². The maximum atomic E-state index is 11.8. The van der Waals surface area contributed by atoms with Crippen LogP contribution in [0.2, 0.25) is 0 Å². The predicted molar refractivity (Wildman–Crippen MR) is 72.8 cm³/mol. The highest BCUT2D eigenvalue weighted by molar-refractivity contribution is 5.30. The monoisotopic (exact) mass is 271 g/mol. The summed E-state index contributed by atoms with van der Waals surface area (Å²) in [6.45, 7) is 1.81. The molecular formula is C14H13N3O3. The highest BCUT2D eigenvalue weighted by atomic mass is 16.5. The minimum atomic E-state index is -0.671. The highest BCUT2D eigenvalue weighted by Gasteiger charge is 2.12. The van der Waals surface area contributed by atoms with E-state index in [0.717, 1.165) is 5.56 Å². The fraction of sp³-hybridized carbons (Fsp3) is 0.214. The summed E-state index contributed by atoms with van der Waals surface area (Å²) < 4.78 is 6.39. The van der Waals surface area contributed by atoms with E-state index < -0.39 is 11.2 Å². The van der Waals surface area contributed by atoms with Gasteiger partial charge in [0.15, 0.2) is 0 Å².